The highest BCUT2D eigenvalue weighted by atomic mass is 16.5. The molecule has 2 aromatic carbocycles. The fourth-order valence-electron chi connectivity index (χ4n) is 3.51. The Morgan fingerprint density at radius 2 is 1.56 bits per heavy atom. The summed E-state index contributed by atoms with van der Waals surface area (Å²) in [6, 6.07) is 16.7. The summed E-state index contributed by atoms with van der Waals surface area (Å²) >= 11 is 0. The number of piperidine rings is 1. The van der Waals surface area contributed by atoms with Gasteiger partial charge in [-0.1, -0.05) is 24.3 Å². The van der Waals surface area contributed by atoms with E-state index in [0.29, 0.717) is 13.0 Å². The molecule has 0 aromatic heterocycles. The monoisotopic (exact) mass is 366 g/mol. The van der Waals surface area contributed by atoms with Gasteiger partial charge in [0.2, 0.25) is 5.91 Å². The van der Waals surface area contributed by atoms with Crippen LogP contribution in [0.4, 0.5) is 5.69 Å². The van der Waals surface area contributed by atoms with Gasteiger partial charge in [0.15, 0.2) is 0 Å². The smallest absolute Gasteiger partial charge is 0.220 e. The number of carbonyl (C=O) groups is 1. The lowest BCUT2D eigenvalue weighted by molar-refractivity contribution is -0.121. The van der Waals surface area contributed by atoms with Crippen LogP contribution in [0.15, 0.2) is 48.5 Å². The molecule has 1 N–H and O–H groups in total. The molecule has 4 nitrogen and oxygen atoms in total. The second-order valence-electron chi connectivity index (χ2n) is 7.16. The van der Waals surface area contributed by atoms with Crippen LogP contribution in [0.25, 0.3) is 0 Å². The molecule has 1 amide bonds. The molecule has 0 spiro atoms. The summed E-state index contributed by atoms with van der Waals surface area (Å²) in [6.07, 6.45) is 6.08. The minimum Gasteiger partial charge on any atom is -0.497 e. The maximum absolute atomic E-state index is 12.0. The lowest BCUT2D eigenvalue weighted by atomic mass is 10.1. The van der Waals surface area contributed by atoms with Gasteiger partial charge < -0.3 is 15.0 Å². The van der Waals surface area contributed by atoms with Crippen LogP contribution in [0.5, 0.6) is 5.75 Å². The highest BCUT2D eigenvalue weighted by Gasteiger charge is 2.10. The summed E-state index contributed by atoms with van der Waals surface area (Å²) in [5, 5.41) is 3.03. The number of nitrogens with zero attached hydrogens (tertiary/aromatic N) is 1. The lowest BCUT2D eigenvalue weighted by Gasteiger charge is -2.28. The molecule has 0 saturated carbocycles. The first-order valence-corrected chi connectivity index (χ1v) is 9.98. The minimum atomic E-state index is 0.107. The zero-order chi connectivity index (χ0) is 18.9. The predicted octanol–water partition coefficient (Wildman–Crippen LogP) is 3.98. The first-order chi connectivity index (χ1) is 13.2. The SMILES string of the molecule is COc1ccc(CCC(=O)NCCc2ccc(N3CCCCC3)cc2)cc1. The number of aryl methyl sites for hydroxylation is 1. The van der Waals surface area contributed by atoms with E-state index in [-0.39, 0.29) is 5.91 Å². The van der Waals surface area contributed by atoms with Crippen molar-refractivity contribution >= 4 is 11.6 Å². The van der Waals surface area contributed by atoms with Crippen molar-refractivity contribution in [3.8, 4) is 5.75 Å². The van der Waals surface area contributed by atoms with Crippen LogP contribution in [0.3, 0.4) is 0 Å². The Morgan fingerprint density at radius 3 is 2.22 bits per heavy atom. The zero-order valence-corrected chi connectivity index (χ0v) is 16.2. The predicted molar refractivity (Wildman–Crippen MR) is 111 cm³/mol. The number of rotatable bonds is 8. The molecule has 27 heavy (non-hydrogen) atoms. The Balaban J connectivity index is 1.36. The van der Waals surface area contributed by atoms with Crippen LogP contribution in [0.1, 0.15) is 36.8 Å². The fourth-order valence-corrected chi connectivity index (χ4v) is 3.51. The van der Waals surface area contributed by atoms with Crippen molar-refractivity contribution in [1.29, 1.82) is 0 Å². The number of ether oxygens (including phenoxy) is 1. The highest BCUT2D eigenvalue weighted by Crippen LogP contribution is 2.20. The Morgan fingerprint density at radius 1 is 0.926 bits per heavy atom. The van der Waals surface area contributed by atoms with Gasteiger partial charge in [-0.3, -0.25) is 4.79 Å². The van der Waals surface area contributed by atoms with E-state index in [0.717, 1.165) is 24.2 Å². The van der Waals surface area contributed by atoms with Gasteiger partial charge in [0.1, 0.15) is 5.75 Å². The van der Waals surface area contributed by atoms with Gasteiger partial charge in [-0.15, -0.1) is 0 Å². The molecule has 3 rings (SSSR count). The number of nitrogens with one attached hydrogen (secondary N) is 1. The zero-order valence-electron chi connectivity index (χ0n) is 16.2. The van der Waals surface area contributed by atoms with Crippen molar-refractivity contribution in [2.45, 2.75) is 38.5 Å². The maximum Gasteiger partial charge on any atom is 0.220 e. The largest absolute Gasteiger partial charge is 0.497 e. The van der Waals surface area contributed by atoms with Crippen LogP contribution in [0.2, 0.25) is 0 Å². The van der Waals surface area contributed by atoms with Gasteiger partial charge in [0.25, 0.3) is 0 Å². The standard InChI is InChI=1S/C23H30N2O2/c1-27-22-12-7-19(8-13-22)9-14-23(26)24-16-15-20-5-10-21(11-6-20)25-17-3-2-4-18-25/h5-8,10-13H,2-4,9,14-18H2,1H3,(H,24,26). The van der Waals surface area contributed by atoms with Gasteiger partial charge in [-0.2, -0.15) is 0 Å². The number of benzene rings is 2. The van der Waals surface area contributed by atoms with Crippen LogP contribution >= 0.6 is 0 Å². The third-order valence-corrected chi connectivity index (χ3v) is 5.19. The quantitative estimate of drug-likeness (QED) is 0.768. The molecule has 1 fully saturated rings. The number of anilines is 1. The molecule has 0 unspecified atom stereocenters. The Kier molecular flexibility index (Phi) is 7.14. The van der Waals surface area contributed by atoms with Crippen LogP contribution in [-0.2, 0) is 17.6 Å². The van der Waals surface area contributed by atoms with Crippen molar-refractivity contribution < 1.29 is 9.53 Å². The molecule has 0 aliphatic carbocycles. The molecule has 144 valence electrons. The summed E-state index contributed by atoms with van der Waals surface area (Å²) in [6.45, 7) is 3.03. The summed E-state index contributed by atoms with van der Waals surface area (Å²) in [4.78, 5) is 14.5. The molecule has 1 heterocycles. The van der Waals surface area contributed by atoms with E-state index in [9.17, 15) is 4.79 Å². The number of hydrogen-bond acceptors (Lipinski definition) is 3. The molecule has 4 heteroatoms. The van der Waals surface area contributed by atoms with Crippen molar-refractivity contribution in [3.05, 3.63) is 59.7 Å². The van der Waals surface area contributed by atoms with E-state index in [1.54, 1.807) is 7.11 Å². The minimum absolute atomic E-state index is 0.107. The van der Waals surface area contributed by atoms with Crippen LogP contribution in [-0.4, -0.2) is 32.7 Å². The average molecular weight is 367 g/mol. The van der Waals surface area contributed by atoms with Crippen molar-refractivity contribution in [2.75, 3.05) is 31.6 Å². The summed E-state index contributed by atoms with van der Waals surface area (Å²) < 4.78 is 5.15. The van der Waals surface area contributed by atoms with Crippen LogP contribution in [0, 0.1) is 0 Å². The Labute approximate surface area is 162 Å². The molecule has 0 bridgehead atoms. The van der Waals surface area contributed by atoms with Gasteiger partial charge in [0, 0.05) is 31.7 Å². The second kappa shape index (κ2) is 10.0. The van der Waals surface area contributed by atoms with Gasteiger partial charge in [-0.25, -0.2) is 0 Å². The number of methoxy groups -OCH3 is 1. The van der Waals surface area contributed by atoms with E-state index in [4.69, 9.17) is 4.74 Å². The third-order valence-electron chi connectivity index (χ3n) is 5.19. The first-order valence-electron chi connectivity index (χ1n) is 9.98. The van der Waals surface area contributed by atoms with Gasteiger partial charge >= 0.3 is 0 Å². The lowest BCUT2D eigenvalue weighted by Crippen LogP contribution is -2.29. The van der Waals surface area contributed by atoms with E-state index in [1.807, 2.05) is 24.3 Å². The third kappa shape index (κ3) is 6.02. The van der Waals surface area contributed by atoms with E-state index >= 15 is 0 Å². The summed E-state index contributed by atoms with van der Waals surface area (Å²) in [5.41, 5.74) is 3.74. The number of carbonyl (C=O) groups excluding carboxylic acids is 1. The topological polar surface area (TPSA) is 41.6 Å². The fraction of sp³-hybridized carbons (Fsp3) is 0.435. The van der Waals surface area contributed by atoms with Crippen LogP contribution < -0.4 is 15.0 Å². The molecule has 1 saturated heterocycles. The van der Waals surface area contributed by atoms with E-state index in [2.05, 4.69) is 34.5 Å². The van der Waals surface area contributed by atoms with Crippen molar-refractivity contribution in [1.82, 2.24) is 5.32 Å². The molecule has 1 aliphatic heterocycles. The average Bonchev–Trinajstić information content (AvgIpc) is 2.74. The molecule has 1 aliphatic rings. The number of hydrogen-bond donors (Lipinski definition) is 1. The van der Waals surface area contributed by atoms with Gasteiger partial charge in [-0.05, 0) is 67.5 Å². The molecule has 0 atom stereocenters. The molecular formula is C23H30N2O2. The van der Waals surface area contributed by atoms with Crippen molar-refractivity contribution in [2.24, 2.45) is 0 Å². The summed E-state index contributed by atoms with van der Waals surface area (Å²) in [5.74, 6) is 0.949. The van der Waals surface area contributed by atoms with Crippen molar-refractivity contribution in [3.63, 3.8) is 0 Å². The Bertz CT molecular complexity index is 704. The molecular weight excluding hydrogens is 336 g/mol. The highest BCUT2D eigenvalue weighted by molar-refractivity contribution is 5.76. The van der Waals surface area contributed by atoms with E-state index < -0.39 is 0 Å². The normalized spacial score (nSPS) is 14.0. The summed E-state index contributed by atoms with van der Waals surface area (Å²) in [7, 11) is 1.66. The second-order valence-corrected chi connectivity index (χ2v) is 7.16. The maximum atomic E-state index is 12.0. The Hall–Kier alpha value is -2.49. The molecule has 0 radical (unpaired) electrons. The number of amides is 1. The molecule has 2 aromatic rings. The first kappa shape index (κ1) is 19.3. The van der Waals surface area contributed by atoms with Gasteiger partial charge in [0.05, 0.1) is 7.11 Å². The van der Waals surface area contributed by atoms with E-state index in [1.165, 1.54) is 43.6 Å².